The van der Waals surface area contributed by atoms with Crippen LogP contribution in [0.25, 0.3) is 5.78 Å². The second-order valence-corrected chi connectivity index (χ2v) is 8.78. The molecule has 8 nitrogen and oxygen atoms in total. The second-order valence-electron chi connectivity index (χ2n) is 5.61. The van der Waals surface area contributed by atoms with Crippen molar-refractivity contribution >= 4 is 33.3 Å². The van der Waals surface area contributed by atoms with E-state index in [1.165, 1.54) is 11.8 Å². The maximum atomic E-state index is 12.0. The summed E-state index contributed by atoms with van der Waals surface area (Å²) >= 11 is 1.26. The molecule has 0 saturated carbocycles. The fraction of sp³-hybridized carbons (Fsp3) is 0.538. The van der Waals surface area contributed by atoms with Crippen LogP contribution in [-0.4, -0.2) is 57.2 Å². The Morgan fingerprint density at radius 2 is 2.22 bits per heavy atom. The lowest BCUT2D eigenvalue weighted by atomic mass is 10.3. The third-order valence-electron chi connectivity index (χ3n) is 3.59. The predicted octanol–water partition coefficient (Wildman–Crippen LogP) is 0.137. The molecule has 0 spiro atoms. The lowest BCUT2D eigenvalue weighted by Gasteiger charge is -2.10. The standard InChI is InChI=1S/C13H17N5O3S2/c1-8-5-9(2)18-12(14-8)16-17-13(18)22-6-11(19)15-10-3-4-23(20,21)7-10/h5,10H,3-4,6-7H2,1-2H3,(H,15,19)/t10-/m0/s1. The van der Waals surface area contributed by atoms with Crippen molar-refractivity contribution in [3.63, 3.8) is 0 Å². The zero-order chi connectivity index (χ0) is 16.6. The van der Waals surface area contributed by atoms with Crippen LogP contribution in [-0.2, 0) is 14.6 Å². The molecule has 2 aromatic heterocycles. The molecule has 3 heterocycles. The Morgan fingerprint density at radius 1 is 1.43 bits per heavy atom. The van der Waals surface area contributed by atoms with Gasteiger partial charge in [0.05, 0.1) is 17.3 Å². The maximum absolute atomic E-state index is 12.0. The Hall–Kier alpha value is -1.68. The summed E-state index contributed by atoms with van der Waals surface area (Å²) in [5.41, 5.74) is 1.81. The molecule has 1 aliphatic rings. The second kappa shape index (κ2) is 6.08. The molecule has 3 rings (SSSR count). The summed E-state index contributed by atoms with van der Waals surface area (Å²) in [4.78, 5) is 16.3. The van der Waals surface area contributed by atoms with Gasteiger partial charge in [-0.15, -0.1) is 10.2 Å². The number of rotatable bonds is 4. The number of nitrogens with one attached hydrogen (secondary N) is 1. The number of fused-ring (bicyclic) bond motifs is 1. The van der Waals surface area contributed by atoms with Crippen molar-refractivity contribution in [2.24, 2.45) is 0 Å². The zero-order valence-electron chi connectivity index (χ0n) is 12.8. The lowest BCUT2D eigenvalue weighted by Crippen LogP contribution is -2.36. The van der Waals surface area contributed by atoms with Gasteiger partial charge in [0.2, 0.25) is 5.91 Å². The maximum Gasteiger partial charge on any atom is 0.256 e. The molecule has 0 radical (unpaired) electrons. The highest BCUT2D eigenvalue weighted by molar-refractivity contribution is 7.99. The summed E-state index contributed by atoms with van der Waals surface area (Å²) in [7, 11) is -2.99. The molecule has 1 aliphatic heterocycles. The summed E-state index contributed by atoms with van der Waals surface area (Å²) in [5.74, 6) is 0.632. The van der Waals surface area contributed by atoms with Crippen LogP contribution in [0.1, 0.15) is 17.8 Å². The Kier molecular flexibility index (Phi) is 4.28. The summed E-state index contributed by atoms with van der Waals surface area (Å²) in [5, 5.41) is 11.4. The van der Waals surface area contributed by atoms with Gasteiger partial charge in [0.1, 0.15) is 0 Å². The third kappa shape index (κ3) is 3.63. The van der Waals surface area contributed by atoms with Gasteiger partial charge in [0.15, 0.2) is 15.0 Å². The van der Waals surface area contributed by atoms with Crippen molar-refractivity contribution in [1.29, 1.82) is 0 Å². The minimum Gasteiger partial charge on any atom is -0.352 e. The first-order valence-corrected chi connectivity index (χ1v) is 9.97. The van der Waals surface area contributed by atoms with Gasteiger partial charge in [-0.2, -0.15) is 0 Å². The Balaban J connectivity index is 1.64. The highest BCUT2D eigenvalue weighted by Crippen LogP contribution is 2.18. The SMILES string of the molecule is Cc1cc(C)n2c(SCC(=O)N[C@H]3CCS(=O)(=O)C3)nnc2n1. The quantitative estimate of drug-likeness (QED) is 0.777. The Morgan fingerprint density at radius 3 is 2.91 bits per heavy atom. The number of amides is 1. The molecular formula is C13H17N5O3S2. The van der Waals surface area contributed by atoms with E-state index >= 15 is 0 Å². The zero-order valence-corrected chi connectivity index (χ0v) is 14.4. The van der Waals surface area contributed by atoms with E-state index in [4.69, 9.17) is 0 Å². The van der Waals surface area contributed by atoms with Gasteiger partial charge in [0, 0.05) is 17.4 Å². The number of thioether (sulfide) groups is 1. The van der Waals surface area contributed by atoms with Gasteiger partial charge in [0.25, 0.3) is 5.78 Å². The number of aryl methyl sites for hydroxylation is 2. The first kappa shape index (κ1) is 16.2. The van der Waals surface area contributed by atoms with Crippen molar-refractivity contribution in [1.82, 2.24) is 24.9 Å². The van der Waals surface area contributed by atoms with Crippen LogP contribution < -0.4 is 5.32 Å². The molecule has 23 heavy (non-hydrogen) atoms. The van der Waals surface area contributed by atoms with Crippen molar-refractivity contribution in [2.75, 3.05) is 17.3 Å². The highest BCUT2D eigenvalue weighted by Gasteiger charge is 2.28. The van der Waals surface area contributed by atoms with Crippen LogP contribution in [0.2, 0.25) is 0 Å². The number of nitrogens with zero attached hydrogens (tertiary/aromatic N) is 4. The van der Waals surface area contributed by atoms with Crippen molar-refractivity contribution in [3.8, 4) is 0 Å². The minimum atomic E-state index is -2.99. The Bertz CT molecular complexity index is 862. The van der Waals surface area contributed by atoms with E-state index in [-0.39, 0.29) is 29.2 Å². The van der Waals surface area contributed by atoms with Gasteiger partial charge in [-0.1, -0.05) is 11.8 Å². The monoisotopic (exact) mass is 355 g/mol. The topological polar surface area (TPSA) is 106 Å². The molecule has 0 unspecified atom stereocenters. The van der Waals surface area contributed by atoms with Crippen molar-refractivity contribution < 1.29 is 13.2 Å². The van der Waals surface area contributed by atoms with E-state index in [1.54, 1.807) is 4.40 Å². The minimum absolute atomic E-state index is 0.0274. The van der Waals surface area contributed by atoms with Crippen molar-refractivity contribution in [2.45, 2.75) is 31.5 Å². The molecule has 1 saturated heterocycles. The lowest BCUT2D eigenvalue weighted by molar-refractivity contribution is -0.119. The van der Waals surface area contributed by atoms with Crippen LogP contribution in [0.3, 0.4) is 0 Å². The number of carbonyl (C=O) groups is 1. The summed E-state index contributed by atoms with van der Waals surface area (Å²) < 4.78 is 24.6. The van der Waals surface area contributed by atoms with Crippen LogP contribution in [0.4, 0.5) is 0 Å². The van der Waals surface area contributed by atoms with E-state index in [1.807, 2.05) is 19.9 Å². The largest absolute Gasteiger partial charge is 0.352 e. The van der Waals surface area contributed by atoms with Crippen LogP contribution >= 0.6 is 11.8 Å². The molecule has 1 amide bonds. The van der Waals surface area contributed by atoms with Crippen LogP contribution in [0, 0.1) is 13.8 Å². The van der Waals surface area contributed by atoms with Gasteiger partial charge in [-0.3, -0.25) is 9.20 Å². The van der Waals surface area contributed by atoms with E-state index < -0.39 is 9.84 Å². The number of carbonyl (C=O) groups excluding carboxylic acids is 1. The van der Waals surface area contributed by atoms with Gasteiger partial charge < -0.3 is 5.32 Å². The number of hydrogen-bond donors (Lipinski definition) is 1. The predicted molar refractivity (Wildman–Crippen MR) is 86.2 cm³/mol. The molecule has 0 aromatic carbocycles. The first-order valence-electron chi connectivity index (χ1n) is 7.16. The first-order chi connectivity index (χ1) is 10.8. The normalized spacial score (nSPS) is 20.0. The highest BCUT2D eigenvalue weighted by atomic mass is 32.2. The average molecular weight is 355 g/mol. The summed E-state index contributed by atoms with van der Waals surface area (Å²) in [6, 6.07) is 1.64. The molecular weight excluding hydrogens is 338 g/mol. The van der Waals surface area contributed by atoms with Gasteiger partial charge in [-0.25, -0.2) is 13.4 Å². The molecule has 10 heteroatoms. The molecule has 0 aliphatic carbocycles. The smallest absolute Gasteiger partial charge is 0.256 e. The van der Waals surface area contributed by atoms with E-state index in [0.29, 0.717) is 17.4 Å². The molecule has 124 valence electrons. The van der Waals surface area contributed by atoms with E-state index in [0.717, 1.165) is 11.4 Å². The molecule has 0 bridgehead atoms. The fourth-order valence-electron chi connectivity index (χ4n) is 2.60. The number of hydrogen-bond acceptors (Lipinski definition) is 7. The average Bonchev–Trinajstić information content (AvgIpc) is 2.99. The molecule has 1 fully saturated rings. The van der Waals surface area contributed by atoms with E-state index in [9.17, 15) is 13.2 Å². The fourth-order valence-corrected chi connectivity index (χ4v) is 5.07. The number of sulfone groups is 1. The van der Waals surface area contributed by atoms with Crippen LogP contribution in [0.15, 0.2) is 11.2 Å². The summed E-state index contributed by atoms with van der Waals surface area (Å²) in [6.45, 7) is 3.82. The molecule has 2 aromatic rings. The van der Waals surface area contributed by atoms with Gasteiger partial charge in [-0.05, 0) is 26.3 Å². The number of aromatic nitrogens is 4. The molecule has 1 atom stereocenters. The van der Waals surface area contributed by atoms with E-state index in [2.05, 4.69) is 20.5 Å². The van der Waals surface area contributed by atoms with Gasteiger partial charge >= 0.3 is 0 Å². The van der Waals surface area contributed by atoms with Crippen molar-refractivity contribution in [3.05, 3.63) is 17.5 Å². The van der Waals surface area contributed by atoms with Crippen LogP contribution in [0.5, 0.6) is 0 Å². The third-order valence-corrected chi connectivity index (χ3v) is 6.29. The summed E-state index contributed by atoms with van der Waals surface area (Å²) in [6.07, 6.45) is 0.481. The Labute approximate surface area is 138 Å². The molecule has 1 N–H and O–H groups in total.